The molecule has 0 aliphatic heterocycles. The number of nitrogens with one attached hydrogen (secondary N) is 1. The molecule has 0 amide bonds. The molecule has 1 unspecified atom stereocenters. The average molecular weight is 331 g/mol. The van der Waals surface area contributed by atoms with Crippen LogP contribution in [0.25, 0.3) is 11.0 Å². The van der Waals surface area contributed by atoms with E-state index in [9.17, 15) is 5.11 Å². The van der Waals surface area contributed by atoms with E-state index in [4.69, 9.17) is 5.73 Å². The Balaban J connectivity index is 1.87. The highest BCUT2D eigenvalue weighted by Crippen LogP contribution is 2.31. The van der Waals surface area contributed by atoms with Gasteiger partial charge in [-0.15, -0.1) is 0 Å². The Bertz CT molecular complexity index is 665. The van der Waals surface area contributed by atoms with Crippen LogP contribution in [-0.2, 0) is 6.54 Å². The molecular weight excluding hydrogens is 302 g/mol. The van der Waals surface area contributed by atoms with E-state index in [1.54, 1.807) is 0 Å². The normalized spacial score (nSPS) is 16.2. The number of rotatable bonds is 9. The lowest BCUT2D eigenvalue weighted by atomic mass is 9.85. The number of aliphatic hydroxyl groups is 1. The molecule has 3 rings (SSSR count). The second-order valence-corrected chi connectivity index (χ2v) is 6.93. The van der Waals surface area contributed by atoms with Gasteiger partial charge in [-0.3, -0.25) is 0 Å². The molecule has 2 heterocycles. The number of hydrogen-bond donors (Lipinski definition) is 3. The molecule has 1 aliphatic carbocycles. The molecule has 0 bridgehead atoms. The van der Waals surface area contributed by atoms with Gasteiger partial charge in [0.25, 0.3) is 0 Å². The Hall–Kier alpha value is -1.82. The van der Waals surface area contributed by atoms with Gasteiger partial charge < -0.3 is 20.7 Å². The minimum Gasteiger partial charge on any atom is -0.396 e. The quantitative estimate of drug-likeness (QED) is 0.657. The maximum Gasteiger partial charge on any atom is 0.222 e. The summed E-state index contributed by atoms with van der Waals surface area (Å²) in [4.78, 5) is 8.85. The molecule has 1 aliphatic rings. The first-order chi connectivity index (χ1) is 11.7. The van der Waals surface area contributed by atoms with E-state index < -0.39 is 0 Å². The molecule has 1 saturated carbocycles. The van der Waals surface area contributed by atoms with E-state index in [1.807, 2.05) is 6.07 Å². The molecule has 6 nitrogen and oxygen atoms in total. The van der Waals surface area contributed by atoms with Crippen molar-refractivity contribution in [3.63, 3.8) is 0 Å². The van der Waals surface area contributed by atoms with Crippen LogP contribution in [0.1, 0.15) is 51.9 Å². The molecule has 4 N–H and O–H groups in total. The van der Waals surface area contributed by atoms with Crippen LogP contribution in [0, 0.1) is 5.92 Å². The SMILES string of the molecule is CCCCC(CCO)Nc1nc(N)nc2ccn(CC3CCC3)c12. The highest BCUT2D eigenvalue weighted by Gasteiger charge is 2.21. The van der Waals surface area contributed by atoms with Crippen LogP contribution in [0.2, 0.25) is 0 Å². The van der Waals surface area contributed by atoms with Crippen molar-refractivity contribution in [3.05, 3.63) is 12.3 Å². The van der Waals surface area contributed by atoms with Crippen LogP contribution >= 0.6 is 0 Å². The molecule has 0 saturated heterocycles. The minimum atomic E-state index is 0.175. The van der Waals surface area contributed by atoms with Gasteiger partial charge in [0.1, 0.15) is 5.52 Å². The van der Waals surface area contributed by atoms with Crippen molar-refractivity contribution in [2.24, 2.45) is 5.92 Å². The highest BCUT2D eigenvalue weighted by molar-refractivity contribution is 5.87. The van der Waals surface area contributed by atoms with Crippen molar-refractivity contribution >= 4 is 22.8 Å². The summed E-state index contributed by atoms with van der Waals surface area (Å²) in [5.74, 6) is 1.86. The number of anilines is 2. The molecule has 1 atom stereocenters. The Morgan fingerprint density at radius 3 is 2.88 bits per heavy atom. The van der Waals surface area contributed by atoms with E-state index in [-0.39, 0.29) is 12.6 Å². The second kappa shape index (κ2) is 7.83. The van der Waals surface area contributed by atoms with Crippen molar-refractivity contribution in [3.8, 4) is 0 Å². The molecule has 24 heavy (non-hydrogen) atoms. The molecule has 0 radical (unpaired) electrons. The predicted molar refractivity (Wildman–Crippen MR) is 97.9 cm³/mol. The van der Waals surface area contributed by atoms with Crippen molar-refractivity contribution < 1.29 is 5.11 Å². The van der Waals surface area contributed by atoms with E-state index in [0.29, 0.717) is 12.4 Å². The van der Waals surface area contributed by atoms with Crippen LogP contribution in [0.5, 0.6) is 0 Å². The number of nitrogens with zero attached hydrogens (tertiary/aromatic N) is 3. The predicted octanol–water partition coefficient (Wildman–Crippen LogP) is 3.17. The summed E-state index contributed by atoms with van der Waals surface area (Å²) < 4.78 is 2.26. The van der Waals surface area contributed by atoms with Crippen molar-refractivity contribution in [1.29, 1.82) is 0 Å². The fourth-order valence-corrected chi connectivity index (χ4v) is 3.42. The lowest BCUT2D eigenvalue weighted by molar-refractivity contribution is 0.276. The van der Waals surface area contributed by atoms with E-state index in [0.717, 1.165) is 48.6 Å². The molecule has 1 fully saturated rings. The zero-order chi connectivity index (χ0) is 16.9. The van der Waals surface area contributed by atoms with Crippen LogP contribution in [-0.4, -0.2) is 32.3 Å². The summed E-state index contributed by atoms with van der Waals surface area (Å²) in [5, 5.41) is 12.9. The van der Waals surface area contributed by atoms with E-state index >= 15 is 0 Å². The van der Waals surface area contributed by atoms with Gasteiger partial charge in [0, 0.05) is 25.4 Å². The molecule has 6 heteroatoms. The monoisotopic (exact) mass is 331 g/mol. The van der Waals surface area contributed by atoms with E-state index in [1.165, 1.54) is 19.3 Å². The number of fused-ring (bicyclic) bond motifs is 1. The molecule has 2 aromatic heterocycles. The van der Waals surface area contributed by atoms with Crippen LogP contribution < -0.4 is 11.1 Å². The molecule has 132 valence electrons. The summed E-state index contributed by atoms with van der Waals surface area (Å²) in [6, 6.07) is 2.23. The maximum absolute atomic E-state index is 9.35. The maximum atomic E-state index is 9.35. The lowest BCUT2D eigenvalue weighted by Crippen LogP contribution is -2.23. The smallest absolute Gasteiger partial charge is 0.222 e. The van der Waals surface area contributed by atoms with Gasteiger partial charge in [-0.25, -0.2) is 4.98 Å². The summed E-state index contributed by atoms with van der Waals surface area (Å²) in [5.41, 5.74) is 7.83. The number of aromatic nitrogens is 3. The summed E-state index contributed by atoms with van der Waals surface area (Å²) in [7, 11) is 0. The highest BCUT2D eigenvalue weighted by atomic mass is 16.3. The standard InChI is InChI=1S/C18H29N5O/c1-2-3-7-14(9-11-24)20-17-16-15(21-18(19)22-17)8-10-23(16)12-13-5-4-6-13/h8,10,13-14,24H,2-7,9,11-12H2,1H3,(H3,19,20,21,22). The average Bonchev–Trinajstić information content (AvgIpc) is 2.91. The number of hydrogen-bond acceptors (Lipinski definition) is 5. The van der Waals surface area contributed by atoms with Gasteiger partial charge in [0.15, 0.2) is 5.82 Å². The minimum absolute atomic E-state index is 0.175. The number of nitrogens with two attached hydrogens (primary N) is 1. The largest absolute Gasteiger partial charge is 0.396 e. The first-order valence-electron chi connectivity index (χ1n) is 9.21. The topological polar surface area (TPSA) is 89.0 Å². The zero-order valence-corrected chi connectivity index (χ0v) is 14.5. The fraction of sp³-hybridized carbons (Fsp3) is 0.667. The molecular formula is C18H29N5O. The van der Waals surface area contributed by atoms with Crippen LogP contribution in [0.15, 0.2) is 12.3 Å². The van der Waals surface area contributed by atoms with Gasteiger partial charge in [0.05, 0.1) is 5.52 Å². The van der Waals surface area contributed by atoms with Crippen molar-refractivity contribution in [1.82, 2.24) is 14.5 Å². The third-order valence-corrected chi connectivity index (χ3v) is 5.03. The van der Waals surface area contributed by atoms with Gasteiger partial charge in [-0.05, 0) is 37.7 Å². The Morgan fingerprint density at radius 2 is 2.21 bits per heavy atom. The van der Waals surface area contributed by atoms with Gasteiger partial charge >= 0.3 is 0 Å². The summed E-state index contributed by atoms with van der Waals surface area (Å²) >= 11 is 0. The fourth-order valence-electron chi connectivity index (χ4n) is 3.42. The third kappa shape index (κ3) is 3.80. The number of aliphatic hydroxyl groups excluding tert-OH is 1. The number of nitrogen functional groups attached to an aromatic ring is 1. The third-order valence-electron chi connectivity index (χ3n) is 5.03. The van der Waals surface area contributed by atoms with Gasteiger partial charge in [-0.1, -0.05) is 26.2 Å². The van der Waals surface area contributed by atoms with Crippen LogP contribution in [0.3, 0.4) is 0 Å². The summed E-state index contributed by atoms with van der Waals surface area (Å²) in [6.45, 7) is 3.37. The van der Waals surface area contributed by atoms with Crippen molar-refractivity contribution in [2.45, 2.75) is 64.5 Å². The Morgan fingerprint density at radius 1 is 1.38 bits per heavy atom. The van der Waals surface area contributed by atoms with Gasteiger partial charge in [0.2, 0.25) is 5.95 Å². The number of unbranched alkanes of at least 4 members (excludes halogenated alkanes) is 1. The lowest BCUT2D eigenvalue weighted by Gasteiger charge is -2.26. The molecule has 2 aromatic rings. The van der Waals surface area contributed by atoms with Gasteiger partial charge in [-0.2, -0.15) is 4.98 Å². The second-order valence-electron chi connectivity index (χ2n) is 6.93. The molecule has 0 spiro atoms. The summed E-state index contributed by atoms with van der Waals surface area (Å²) in [6.07, 6.45) is 10.1. The molecule has 0 aromatic carbocycles. The van der Waals surface area contributed by atoms with Crippen molar-refractivity contribution in [2.75, 3.05) is 17.7 Å². The van der Waals surface area contributed by atoms with E-state index in [2.05, 4.69) is 33.0 Å². The van der Waals surface area contributed by atoms with Crippen LogP contribution in [0.4, 0.5) is 11.8 Å². The Kier molecular flexibility index (Phi) is 5.56. The first-order valence-corrected chi connectivity index (χ1v) is 9.21. The Labute approximate surface area is 143 Å². The first kappa shape index (κ1) is 17.0. The zero-order valence-electron chi connectivity index (χ0n) is 14.5.